The van der Waals surface area contributed by atoms with E-state index in [2.05, 4.69) is 15.3 Å². The van der Waals surface area contributed by atoms with Crippen LogP contribution in [-0.4, -0.2) is 49.5 Å². The van der Waals surface area contributed by atoms with Gasteiger partial charge >= 0.3 is 0 Å². The van der Waals surface area contributed by atoms with E-state index >= 15 is 0 Å². The van der Waals surface area contributed by atoms with E-state index in [4.69, 9.17) is 20.8 Å². The van der Waals surface area contributed by atoms with Gasteiger partial charge in [0.25, 0.3) is 0 Å². The van der Waals surface area contributed by atoms with E-state index in [0.717, 1.165) is 30.1 Å². The summed E-state index contributed by atoms with van der Waals surface area (Å²) < 4.78 is 12.6. The van der Waals surface area contributed by atoms with Crippen molar-refractivity contribution in [2.24, 2.45) is 0 Å². The number of nitrogens with one attached hydrogen (secondary N) is 1. The first kappa shape index (κ1) is 15.9. The molecule has 0 aliphatic heterocycles. The van der Waals surface area contributed by atoms with E-state index in [1.807, 2.05) is 31.9 Å². The molecule has 21 heavy (non-hydrogen) atoms. The lowest BCUT2D eigenvalue weighted by Gasteiger charge is -2.19. The molecule has 0 aliphatic rings. The summed E-state index contributed by atoms with van der Waals surface area (Å²) >= 11 is 6.12. The van der Waals surface area contributed by atoms with Crippen molar-refractivity contribution in [1.29, 1.82) is 0 Å². The smallest absolute Gasteiger partial charge is 0.198 e. The monoisotopic (exact) mass is 312 g/mol. The molecule has 1 unspecified atom stereocenters. The molecular weight excluding hydrogens is 292 g/mol. The average molecular weight is 313 g/mol. The third-order valence-electron chi connectivity index (χ3n) is 3.34. The fourth-order valence-corrected chi connectivity index (χ4v) is 2.47. The fraction of sp³-hybridized carbons (Fsp3) is 0.500. The first-order valence-electron chi connectivity index (χ1n) is 6.73. The Balaban J connectivity index is 2.39. The van der Waals surface area contributed by atoms with Crippen LogP contribution in [0.2, 0.25) is 5.22 Å². The van der Waals surface area contributed by atoms with Gasteiger partial charge < -0.3 is 19.4 Å². The molecule has 0 aliphatic carbocycles. The first-order chi connectivity index (χ1) is 10.1. The standard InChI is InChI=1S/C14H21ClN4O2/c1-16-12(10-5-8-21-14(10)15)13-11(20-4)9-17-19(13)7-6-18(2)3/h5,8-9,12,16H,6-7H2,1-4H3. The highest BCUT2D eigenvalue weighted by atomic mass is 35.5. The quantitative estimate of drug-likeness (QED) is 0.847. The molecule has 2 rings (SSSR count). The summed E-state index contributed by atoms with van der Waals surface area (Å²) in [4.78, 5) is 2.11. The Morgan fingerprint density at radius 1 is 1.52 bits per heavy atom. The number of likely N-dealkylation sites (N-methyl/N-ethyl adjacent to an activating group) is 1. The molecule has 1 atom stereocenters. The van der Waals surface area contributed by atoms with Gasteiger partial charge in [-0.25, -0.2) is 0 Å². The van der Waals surface area contributed by atoms with Gasteiger partial charge in [0.05, 0.1) is 32.2 Å². The first-order valence-corrected chi connectivity index (χ1v) is 7.10. The molecule has 0 amide bonds. The van der Waals surface area contributed by atoms with Crippen LogP contribution in [0.25, 0.3) is 0 Å². The number of furan rings is 1. The molecule has 1 N–H and O–H groups in total. The Bertz CT molecular complexity index is 579. The Kier molecular flexibility index (Phi) is 5.27. The molecule has 2 heterocycles. The highest BCUT2D eigenvalue weighted by molar-refractivity contribution is 6.29. The van der Waals surface area contributed by atoms with Crippen LogP contribution in [0.3, 0.4) is 0 Å². The molecular formula is C14H21ClN4O2. The lowest BCUT2D eigenvalue weighted by Crippen LogP contribution is -2.25. The van der Waals surface area contributed by atoms with Gasteiger partial charge in [-0.15, -0.1) is 0 Å². The van der Waals surface area contributed by atoms with E-state index in [0.29, 0.717) is 5.22 Å². The van der Waals surface area contributed by atoms with Crippen LogP contribution in [0, 0.1) is 0 Å². The topological polar surface area (TPSA) is 55.5 Å². The molecule has 0 bridgehead atoms. The van der Waals surface area contributed by atoms with E-state index in [-0.39, 0.29) is 6.04 Å². The highest BCUT2D eigenvalue weighted by Gasteiger charge is 2.25. The van der Waals surface area contributed by atoms with Crippen LogP contribution in [0.5, 0.6) is 5.75 Å². The van der Waals surface area contributed by atoms with Crippen LogP contribution in [0.4, 0.5) is 0 Å². The third-order valence-corrected chi connectivity index (χ3v) is 3.65. The Morgan fingerprint density at radius 2 is 2.29 bits per heavy atom. The van der Waals surface area contributed by atoms with Crippen molar-refractivity contribution in [2.75, 3.05) is 34.8 Å². The molecule has 2 aromatic heterocycles. The number of nitrogens with zero attached hydrogens (tertiary/aromatic N) is 3. The van der Waals surface area contributed by atoms with Gasteiger partial charge in [0.1, 0.15) is 5.69 Å². The van der Waals surface area contributed by atoms with Crippen molar-refractivity contribution < 1.29 is 9.15 Å². The summed E-state index contributed by atoms with van der Waals surface area (Å²) in [5.41, 5.74) is 1.80. The number of halogens is 1. The van der Waals surface area contributed by atoms with Crippen LogP contribution >= 0.6 is 11.6 Å². The van der Waals surface area contributed by atoms with Gasteiger partial charge in [0.15, 0.2) is 11.0 Å². The van der Waals surface area contributed by atoms with E-state index in [1.165, 1.54) is 0 Å². The van der Waals surface area contributed by atoms with Crippen molar-refractivity contribution in [3.8, 4) is 5.75 Å². The van der Waals surface area contributed by atoms with Crippen molar-refractivity contribution in [3.63, 3.8) is 0 Å². The maximum atomic E-state index is 6.12. The maximum Gasteiger partial charge on any atom is 0.198 e. The molecule has 0 saturated carbocycles. The Labute approximate surface area is 129 Å². The van der Waals surface area contributed by atoms with Crippen LogP contribution in [0.1, 0.15) is 17.3 Å². The number of hydrogen-bond acceptors (Lipinski definition) is 5. The lowest BCUT2D eigenvalue weighted by molar-refractivity contribution is 0.360. The second-order valence-corrected chi connectivity index (χ2v) is 5.34. The summed E-state index contributed by atoms with van der Waals surface area (Å²) in [5, 5.41) is 8.04. The molecule has 0 saturated heterocycles. The lowest BCUT2D eigenvalue weighted by atomic mass is 10.1. The number of ether oxygens (including phenoxy) is 1. The minimum absolute atomic E-state index is 0.143. The van der Waals surface area contributed by atoms with Gasteiger partial charge in [0.2, 0.25) is 0 Å². The fourth-order valence-electron chi connectivity index (χ4n) is 2.25. The summed E-state index contributed by atoms with van der Waals surface area (Å²) in [6, 6.07) is 1.71. The number of aromatic nitrogens is 2. The minimum Gasteiger partial charge on any atom is -0.493 e. The molecule has 0 aromatic carbocycles. The van der Waals surface area contributed by atoms with Crippen molar-refractivity contribution in [1.82, 2.24) is 20.0 Å². The van der Waals surface area contributed by atoms with Gasteiger partial charge in [-0.2, -0.15) is 5.10 Å². The van der Waals surface area contributed by atoms with Gasteiger partial charge in [-0.3, -0.25) is 4.68 Å². The molecule has 6 nitrogen and oxygen atoms in total. The second kappa shape index (κ2) is 6.98. The van der Waals surface area contributed by atoms with Crippen LogP contribution in [-0.2, 0) is 6.54 Å². The third kappa shape index (κ3) is 3.40. The number of hydrogen-bond donors (Lipinski definition) is 1. The van der Waals surface area contributed by atoms with E-state index < -0.39 is 0 Å². The summed E-state index contributed by atoms with van der Waals surface area (Å²) in [5.74, 6) is 0.727. The van der Waals surface area contributed by atoms with Crippen molar-refractivity contribution in [2.45, 2.75) is 12.6 Å². The van der Waals surface area contributed by atoms with Crippen molar-refractivity contribution in [3.05, 3.63) is 35.0 Å². The molecule has 2 aromatic rings. The average Bonchev–Trinajstić information content (AvgIpc) is 3.05. The molecule has 0 spiro atoms. The summed E-state index contributed by atoms with van der Waals surface area (Å²) in [7, 11) is 7.57. The SMILES string of the molecule is CNC(c1ccoc1Cl)c1c(OC)cnn1CCN(C)C. The molecule has 0 fully saturated rings. The van der Waals surface area contributed by atoms with E-state index in [9.17, 15) is 0 Å². The summed E-state index contributed by atoms with van der Waals surface area (Å²) in [6.45, 7) is 1.65. The van der Waals surface area contributed by atoms with Gasteiger partial charge in [-0.1, -0.05) is 0 Å². The molecule has 0 radical (unpaired) electrons. The zero-order valence-corrected chi connectivity index (χ0v) is 13.5. The normalized spacial score (nSPS) is 12.9. The van der Waals surface area contributed by atoms with Crippen LogP contribution in [0.15, 0.2) is 22.9 Å². The van der Waals surface area contributed by atoms with Crippen LogP contribution < -0.4 is 10.1 Å². The largest absolute Gasteiger partial charge is 0.493 e. The summed E-state index contributed by atoms with van der Waals surface area (Å²) in [6.07, 6.45) is 3.30. The predicted octanol–water partition coefficient (Wildman–Crippen LogP) is 2.01. The van der Waals surface area contributed by atoms with Crippen molar-refractivity contribution >= 4 is 11.6 Å². The zero-order chi connectivity index (χ0) is 15.4. The molecule has 7 heteroatoms. The van der Waals surface area contributed by atoms with Gasteiger partial charge in [-0.05, 0) is 38.8 Å². The number of rotatable bonds is 7. The predicted molar refractivity (Wildman–Crippen MR) is 82.0 cm³/mol. The van der Waals surface area contributed by atoms with Gasteiger partial charge in [0, 0.05) is 12.1 Å². The minimum atomic E-state index is -0.143. The maximum absolute atomic E-state index is 6.12. The Hall–Kier alpha value is -1.50. The second-order valence-electron chi connectivity index (χ2n) is 5.00. The number of methoxy groups -OCH3 is 1. The highest BCUT2D eigenvalue weighted by Crippen LogP contribution is 2.33. The van der Waals surface area contributed by atoms with E-state index in [1.54, 1.807) is 19.6 Å². The zero-order valence-electron chi connectivity index (χ0n) is 12.8. The Morgan fingerprint density at radius 3 is 2.81 bits per heavy atom. The molecule has 116 valence electrons.